The first-order valence-electron chi connectivity index (χ1n) is 19.7. The quantitative estimate of drug-likeness (QED) is 0.0346. The van der Waals surface area contributed by atoms with E-state index in [1.807, 2.05) is 0 Å². The average Bonchev–Trinajstić information content (AvgIpc) is 3.17. The minimum atomic E-state index is -1.71. The van der Waals surface area contributed by atoms with Gasteiger partial charge in [-0.05, 0) is 44.9 Å². The Labute approximate surface area is 321 Å². The first-order chi connectivity index (χ1) is 26.1. The largest absolute Gasteiger partial charge is 0.457 e. The van der Waals surface area contributed by atoms with Gasteiger partial charge in [0, 0.05) is 13.0 Å². The van der Waals surface area contributed by atoms with Gasteiger partial charge in [0.05, 0.1) is 26.4 Å². The molecule has 7 N–H and O–H groups in total. The van der Waals surface area contributed by atoms with Crippen LogP contribution in [0.15, 0.2) is 48.6 Å². The summed E-state index contributed by atoms with van der Waals surface area (Å²) >= 11 is 0. The summed E-state index contributed by atoms with van der Waals surface area (Å²) in [6.07, 6.45) is 12.4. The van der Waals surface area contributed by atoms with Crippen molar-refractivity contribution in [2.75, 3.05) is 33.0 Å². The van der Waals surface area contributed by atoms with Crippen LogP contribution in [0.25, 0.3) is 0 Å². The number of hydrogen-bond donors (Lipinski definition) is 7. The maximum atomic E-state index is 12.7. The van der Waals surface area contributed by atoms with Crippen LogP contribution in [0.5, 0.6) is 0 Å². The number of hydrogen-bond acceptors (Lipinski definition) is 14. The van der Waals surface area contributed by atoms with Gasteiger partial charge in [-0.25, -0.2) is 0 Å². The third kappa shape index (κ3) is 18.7. The Bertz CT molecular complexity index is 1080. The number of unbranched alkanes of at least 4 members (excludes halogenated alkanes) is 6. The standard InChI is InChI=1S/C40H68O14/c1-3-5-7-9-11-12-13-14-15-16-17-18-20-22-24-49-26-29(52-32(42)23-21-19-10-8-6-4-2)27-50-39-38(48)36(46)34(44)31(54-39)28-51-40-37(47)35(45)33(43)30(25-41)53-40/h5,7,11-12,14-15,17-18,29-31,33-41,43-48H,3-4,6,8-10,13,16,19-28H2,1-2H3/b7-5-,12-11-,15-14-,18-17-. The third-order valence-electron chi connectivity index (χ3n) is 9.10. The van der Waals surface area contributed by atoms with Gasteiger partial charge in [-0.15, -0.1) is 0 Å². The van der Waals surface area contributed by atoms with E-state index in [-0.39, 0.29) is 19.6 Å². The molecule has 0 bridgehead atoms. The molecule has 0 aromatic rings. The summed E-state index contributed by atoms with van der Waals surface area (Å²) in [4.78, 5) is 12.7. The molecule has 14 heteroatoms. The number of esters is 1. The van der Waals surface area contributed by atoms with Crippen LogP contribution in [0, 0.1) is 0 Å². The highest BCUT2D eigenvalue weighted by molar-refractivity contribution is 5.69. The lowest BCUT2D eigenvalue weighted by molar-refractivity contribution is -0.332. The average molecular weight is 773 g/mol. The zero-order valence-electron chi connectivity index (χ0n) is 32.2. The minimum absolute atomic E-state index is 0.0219. The van der Waals surface area contributed by atoms with Crippen LogP contribution >= 0.6 is 0 Å². The number of aliphatic hydroxyl groups is 7. The van der Waals surface area contributed by atoms with E-state index in [9.17, 15) is 40.5 Å². The van der Waals surface area contributed by atoms with E-state index >= 15 is 0 Å². The highest BCUT2D eigenvalue weighted by atomic mass is 16.7. The van der Waals surface area contributed by atoms with Crippen molar-refractivity contribution in [2.24, 2.45) is 0 Å². The molecule has 0 amide bonds. The first-order valence-corrected chi connectivity index (χ1v) is 19.7. The summed E-state index contributed by atoms with van der Waals surface area (Å²) in [7, 11) is 0. The van der Waals surface area contributed by atoms with Gasteiger partial charge in [0.15, 0.2) is 12.6 Å². The summed E-state index contributed by atoms with van der Waals surface area (Å²) < 4.78 is 33.8. The van der Waals surface area contributed by atoms with Gasteiger partial charge in [-0.3, -0.25) is 4.79 Å². The van der Waals surface area contributed by atoms with E-state index in [1.54, 1.807) is 0 Å². The van der Waals surface area contributed by atoms with Crippen molar-refractivity contribution in [1.82, 2.24) is 0 Å². The molecule has 2 heterocycles. The minimum Gasteiger partial charge on any atom is -0.457 e. The summed E-state index contributed by atoms with van der Waals surface area (Å²) in [6.45, 7) is 3.30. The van der Waals surface area contributed by atoms with Crippen LogP contribution < -0.4 is 0 Å². The van der Waals surface area contributed by atoms with Gasteiger partial charge in [0.2, 0.25) is 0 Å². The Hall–Kier alpha value is -2.05. The molecule has 11 atom stereocenters. The van der Waals surface area contributed by atoms with E-state index in [4.69, 9.17) is 28.4 Å². The number of carbonyl (C=O) groups is 1. The van der Waals surface area contributed by atoms with E-state index in [0.717, 1.165) is 70.6 Å². The second-order valence-electron chi connectivity index (χ2n) is 13.7. The monoisotopic (exact) mass is 772 g/mol. The van der Waals surface area contributed by atoms with Crippen molar-refractivity contribution >= 4 is 5.97 Å². The molecule has 54 heavy (non-hydrogen) atoms. The van der Waals surface area contributed by atoms with Crippen LogP contribution in [0.1, 0.15) is 97.3 Å². The fraction of sp³-hybridized carbons (Fsp3) is 0.775. The molecule has 0 saturated carbocycles. The lowest BCUT2D eigenvalue weighted by atomic mass is 9.98. The van der Waals surface area contributed by atoms with Crippen LogP contribution in [0.2, 0.25) is 0 Å². The van der Waals surface area contributed by atoms with Gasteiger partial charge in [-0.1, -0.05) is 94.6 Å². The number of allylic oxidation sites excluding steroid dienone is 8. The molecule has 0 aromatic heterocycles. The lowest BCUT2D eigenvalue weighted by Crippen LogP contribution is -2.61. The Morgan fingerprint density at radius 2 is 1.19 bits per heavy atom. The van der Waals surface area contributed by atoms with Crippen molar-refractivity contribution in [2.45, 2.75) is 165 Å². The number of carbonyl (C=O) groups excluding carboxylic acids is 1. The summed E-state index contributed by atoms with van der Waals surface area (Å²) in [5.74, 6) is -0.408. The topological polar surface area (TPSA) is 214 Å². The molecule has 2 fully saturated rings. The molecular formula is C40H68O14. The molecule has 0 spiro atoms. The van der Waals surface area contributed by atoms with E-state index in [0.29, 0.717) is 13.0 Å². The molecule has 312 valence electrons. The Morgan fingerprint density at radius 3 is 1.81 bits per heavy atom. The third-order valence-corrected chi connectivity index (χ3v) is 9.10. The highest BCUT2D eigenvalue weighted by Crippen LogP contribution is 2.26. The SMILES string of the molecule is CC/C=C\C/C=C\C/C=C\C/C=C\CCCOCC(COC1OC(COC2OC(CO)C(O)C(O)C2O)C(O)C(O)C1O)OC(=O)CCCCCCCC. The second-order valence-corrected chi connectivity index (χ2v) is 13.7. The molecule has 0 radical (unpaired) electrons. The fourth-order valence-corrected chi connectivity index (χ4v) is 5.82. The molecule has 2 aliphatic heterocycles. The number of aliphatic hydroxyl groups excluding tert-OH is 7. The molecule has 0 aliphatic carbocycles. The Kier molecular flexibility index (Phi) is 26.0. The molecule has 2 aliphatic rings. The van der Waals surface area contributed by atoms with Crippen molar-refractivity contribution in [3.63, 3.8) is 0 Å². The summed E-state index contributed by atoms with van der Waals surface area (Å²) in [5, 5.41) is 71.5. The first kappa shape index (κ1) is 48.1. The summed E-state index contributed by atoms with van der Waals surface area (Å²) in [5.41, 5.74) is 0. The van der Waals surface area contributed by atoms with Gasteiger partial charge in [0.25, 0.3) is 0 Å². The molecule has 11 unspecified atom stereocenters. The Morgan fingerprint density at radius 1 is 0.630 bits per heavy atom. The molecule has 2 rings (SSSR count). The summed E-state index contributed by atoms with van der Waals surface area (Å²) in [6, 6.07) is 0. The fourth-order valence-electron chi connectivity index (χ4n) is 5.82. The maximum absolute atomic E-state index is 12.7. The predicted molar refractivity (Wildman–Crippen MR) is 201 cm³/mol. The van der Waals surface area contributed by atoms with Crippen molar-refractivity contribution in [3.05, 3.63) is 48.6 Å². The van der Waals surface area contributed by atoms with Gasteiger partial charge in [-0.2, -0.15) is 0 Å². The van der Waals surface area contributed by atoms with Crippen molar-refractivity contribution in [3.8, 4) is 0 Å². The van der Waals surface area contributed by atoms with Crippen molar-refractivity contribution in [1.29, 1.82) is 0 Å². The molecule has 0 aromatic carbocycles. The van der Waals surface area contributed by atoms with E-state index < -0.39 is 86.7 Å². The maximum Gasteiger partial charge on any atom is 0.306 e. The van der Waals surface area contributed by atoms with Crippen LogP contribution in [-0.2, 0) is 33.2 Å². The zero-order chi connectivity index (χ0) is 39.6. The van der Waals surface area contributed by atoms with Gasteiger partial charge < -0.3 is 64.2 Å². The predicted octanol–water partition coefficient (Wildman–Crippen LogP) is 2.89. The van der Waals surface area contributed by atoms with Crippen LogP contribution in [-0.4, -0.2) is 142 Å². The number of ether oxygens (including phenoxy) is 6. The van der Waals surface area contributed by atoms with Crippen LogP contribution in [0.3, 0.4) is 0 Å². The zero-order valence-corrected chi connectivity index (χ0v) is 32.2. The highest BCUT2D eigenvalue weighted by Gasteiger charge is 2.47. The van der Waals surface area contributed by atoms with Crippen LogP contribution in [0.4, 0.5) is 0 Å². The smallest absolute Gasteiger partial charge is 0.306 e. The lowest BCUT2D eigenvalue weighted by Gasteiger charge is -2.42. The molecular weight excluding hydrogens is 704 g/mol. The Balaban J connectivity index is 1.86. The normalized spacial score (nSPS) is 29.9. The second kappa shape index (κ2) is 29.2. The number of rotatable bonds is 28. The van der Waals surface area contributed by atoms with E-state index in [1.165, 1.54) is 0 Å². The van der Waals surface area contributed by atoms with E-state index in [2.05, 4.69) is 62.5 Å². The van der Waals surface area contributed by atoms with Gasteiger partial charge in [0.1, 0.15) is 54.9 Å². The van der Waals surface area contributed by atoms with Gasteiger partial charge >= 0.3 is 5.97 Å². The van der Waals surface area contributed by atoms with Crippen molar-refractivity contribution < 1.29 is 69.0 Å². The molecule has 14 nitrogen and oxygen atoms in total. The molecule has 2 saturated heterocycles.